The Morgan fingerprint density at radius 2 is 2.12 bits per heavy atom. The van der Waals surface area contributed by atoms with E-state index in [0.29, 0.717) is 11.6 Å². The van der Waals surface area contributed by atoms with Gasteiger partial charge in [-0.25, -0.2) is 0 Å². The van der Waals surface area contributed by atoms with Crippen molar-refractivity contribution in [2.75, 3.05) is 26.2 Å². The summed E-state index contributed by atoms with van der Waals surface area (Å²) >= 11 is 6.00. The predicted octanol–water partition coefficient (Wildman–Crippen LogP) is 0.742. The number of H-pyrrole nitrogens is 1. The topological polar surface area (TPSA) is 48.1 Å². The Kier molecular flexibility index (Phi) is 3.63. The van der Waals surface area contributed by atoms with E-state index in [2.05, 4.69) is 15.2 Å². The highest BCUT2D eigenvalue weighted by molar-refractivity contribution is 6.31. The van der Waals surface area contributed by atoms with Crippen molar-refractivity contribution in [2.45, 2.75) is 13.5 Å². The molecule has 1 aromatic heterocycles. The lowest BCUT2D eigenvalue weighted by atomic mass is 10.1. The van der Waals surface area contributed by atoms with Crippen LogP contribution in [0.1, 0.15) is 11.1 Å². The van der Waals surface area contributed by atoms with Crippen molar-refractivity contribution >= 4 is 11.6 Å². The first-order valence-corrected chi connectivity index (χ1v) is 5.86. The normalized spacial score (nSPS) is 17.6. The van der Waals surface area contributed by atoms with Crippen LogP contribution in [0.4, 0.5) is 0 Å². The van der Waals surface area contributed by atoms with E-state index >= 15 is 0 Å². The third-order valence-electron chi connectivity index (χ3n) is 3.01. The van der Waals surface area contributed by atoms with Crippen molar-refractivity contribution < 1.29 is 0 Å². The number of aromatic nitrogens is 1. The summed E-state index contributed by atoms with van der Waals surface area (Å²) < 4.78 is 0. The Balaban J connectivity index is 2.20. The van der Waals surface area contributed by atoms with Crippen LogP contribution in [0.25, 0.3) is 0 Å². The fraction of sp³-hybridized carbons (Fsp3) is 0.545. The molecule has 0 bridgehead atoms. The second kappa shape index (κ2) is 4.99. The van der Waals surface area contributed by atoms with E-state index in [4.69, 9.17) is 11.6 Å². The molecular formula is C11H16ClN3O. The summed E-state index contributed by atoms with van der Waals surface area (Å²) in [6.45, 7) is 6.50. The van der Waals surface area contributed by atoms with E-state index in [-0.39, 0.29) is 5.56 Å². The van der Waals surface area contributed by atoms with Gasteiger partial charge in [-0.15, -0.1) is 0 Å². The standard InChI is InChI=1S/C11H16ClN3O/c1-8-9(11(16)14-6-10(8)12)7-15-4-2-13-3-5-15/h6,13H,2-5,7H2,1H3,(H,14,16). The van der Waals surface area contributed by atoms with Gasteiger partial charge in [-0.3, -0.25) is 9.69 Å². The number of rotatable bonds is 2. The summed E-state index contributed by atoms with van der Waals surface area (Å²) in [5.41, 5.74) is 1.65. The zero-order valence-electron chi connectivity index (χ0n) is 9.35. The Morgan fingerprint density at radius 3 is 2.81 bits per heavy atom. The average Bonchev–Trinajstić information content (AvgIpc) is 2.31. The highest BCUT2D eigenvalue weighted by Gasteiger charge is 2.14. The first-order valence-electron chi connectivity index (χ1n) is 5.48. The van der Waals surface area contributed by atoms with E-state index < -0.39 is 0 Å². The summed E-state index contributed by atoms with van der Waals surface area (Å²) in [5, 5.41) is 3.92. The molecule has 16 heavy (non-hydrogen) atoms. The number of halogens is 1. The van der Waals surface area contributed by atoms with E-state index in [0.717, 1.165) is 37.3 Å². The highest BCUT2D eigenvalue weighted by Crippen LogP contribution is 2.15. The molecule has 88 valence electrons. The van der Waals surface area contributed by atoms with Gasteiger partial charge in [0.05, 0.1) is 5.02 Å². The molecule has 0 aliphatic carbocycles. The average molecular weight is 242 g/mol. The number of nitrogens with zero attached hydrogens (tertiary/aromatic N) is 1. The van der Waals surface area contributed by atoms with Crippen LogP contribution in [-0.2, 0) is 6.54 Å². The Morgan fingerprint density at radius 1 is 1.44 bits per heavy atom. The van der Waals surface area contributed by atoms with Crippen LogP contribution in [0.3, 0.4) is 0 Å². The molecule has 0 amide bonds. The molecule has 0 atom stereocenters. The quantitative estimate of drug-likeness (QED) is 0.803. The molecule has 1 aliphatic heterocycles. The molecule has 1 aromatic rings. The van der Waals surface area contributed by atoms with Crippen LogP contribution >= 0.6 is 11.6 Å². The third-order valence-corrected chi connectivity index (χ3v) is 3.40. The minimum absolute atomic E-state index is 0.0274. The second-order valence-corrected chi connectivity index (χ2v) is 4.50. The number of hydrogen-bond donors (Lipinski definition) is 2. The number of nitrogens with one attached hydrogen (secondary N) is 2. The van der Waals surface area contributed by atoms with Crippen molar-refractivity contribution in [3.63, 3.8) is 0 Å². The number of aromatic amines is 1. The second-order valence-electron chi connectivity index (χ2n) is 4.10. The lowest BCUT2D eigenvalue weighted by molar-refractivity contribution is 0.232. The molecule has 2 N–H and O–H groups in total. The van der Waals surface area contributed by atoms with E-state index in [1.807, 2.05) is 6.92 Å². The van der Waals surface area contributed by atoms with Gasteiger partial charge < -0.3 is 10.3 Å². The van der Waals surface area contributed by atoms with E-state index in [1.165, 1.54) is 0 Å². The zero-order valence-corrected chi connectivity index (χ0v) is 10.1. The minimum Gasteiger partial charge on any atom is -0.327 e. The molecule has 1 aliphatic rings. The molecule has 0 unspecified atom stereocenters. The molecule has 2 rings (SSSR count). The first kappa shape index (κ1) is 11.6. The molecule has 1 saturated heterocycles. The van der Waals surface area contributed by atoms with Crippen LogP contribution < -0.4 is 10.9 Å². The summed E-state index contributed by atoms with van der Waals surface area (Å²) in [6.07, 6.45) is 1.56. The molecule has 4 nitrogen and oxygen atoms in total. The SMILES string of the molecule is Cc1c(Cl)c[nH]c(=O)c1CN1CCNCC1. The van der Waals surface area contributed by atoms with Crippen LogP contribution in [-0.4, -0.2) is 36.1 Å². The van der Waals surface area contributed by atoms with Crippen LogP contribution in [0.15, 0.2) is 11.0 Å². The molecule has 5 heteroatoms. The lowest BCUT2D eigenvalue weighted by Crippen LogP contribution is -2.43. The lowest BCUT2D eigenvalue weighted by Gasteiger charge is -2.27. The Bertz CT molecular complexity index is 424. The number of pyridine rings is 1. The maximum atomic E-state index is 11.7. The maximum absolute atomic E-state index is 11.7. The predicted molar refractivity (Wildman–Crippen MR) is 65.0 cm³/mol. The summed E-state index contributed by atoms with van der Waals surface area (Å²) in [6, 6.07) is 0. The van der Waals surface area contributed by atoms with Gasteiger partial charge in [0, 0.05) is 44.5 Å². The minimum atomic E-state index is -0.0274. The molecule has 2 heterocycles. The summed E-state index contributed by atoms with van der Waals surface area (Å²) in [4.78, 5) is 16.6. The molecule has 0 aromatic carbocycles. The van der Waals surface area contributed by atoms with Crippen molar-refractivity contribution in [1.29, 1.82) is 0 Å². The zero-order chi connectivity index (χ0) is 11.5. The largest absolute Gasteiger partial charge is 0.327 e. The van der Waals surface area contributed by atoms with Gasteiger partial charge in [-0.05, 0) is 12.5 Å². The van der Waals surface area contributed by atoms with Gasteiger partial charge >= 0.3 is 0 Å². The van der Waals surface area contributed by atoms with Gasteiger partial charge in [0.15, 0.2) is 0 Å². The van der Waals surface area contributed by atoms with Crippen molar-refractivity contribution in [1.82, 2.24) is 15.2 Å². The maximum Gasteiger partial charge on any atom is 0.252 e. The van der Waals surface area contributed by atoms with Crippen LogP contribution in [0, 0.1) is 6.92 Å². The summed E-state index contributed by atoms with van der Waals surface area (Å²) in [7, 11) is 0. The highest BCUT2D eigenvalue weighted by atomic mass is 35.5. The van der Waals surface area contributed by atoms with Crippen molar-refractivity contribution in [3.8, 4) is 0 Å². The van der Waals surface area contributed by atoms with E-state index in [1.54, 1.807) is 6.20 Å². The van der Waals surface area contributed by atoms with Gasteiger partial charge in [0.2, 0.25) is 0 Å². The molecule has 0 saturated carbocycles. The summed E-state index contributed by atoms with van der Waals surface area (Å²) in [5.74, 6) is 0. The fourth-order valence-electron chi connectivity index (χ4n) is 1.92. The van der Waals surface area contributed by atoms with Gasteiger partial charge in [0.1, 0.15) is 0 Å². The van der Waals surface area contributed by atoms with Crippen LogP contribution in [0.5, 0.6) is 0 Å². The van der Waals surface area contributed by atoms with Gasteiger partial charge in [0.25, 0.3) is 5.56 Å². The molecule has 0 spiro atoms. The number of piperazine rings is 1. The van der Waals surface area contributed by atoms with Crippen molar-refractivity contribution in [3.05, 3.63) is 32.7 Å². The number of hydrogen-bond acceptors (Lipinski definition) is 3. The van der Waals surface area contributed by atoms with E-state index in [9.17, 15) is 4.79 Å². The van der Waals surface area contributed by atoms with Gasteiger partial charge in [-0.2, -0.15) is 0 Å². The Hall–Kier alpha value is -0.840. The van der Waals surface area contributed by atoms with Gasteiger partial charge in [-0.1, -0.05) is 11.6 Å². The first-order chi connectivity index (χ1) is 7.68. The Labute approximate surface area is 99.6 Å². The molecule has 1 fully saturated rings. The fourth-order valence-corrected chi connectivity index (χ4v) is 2.09. The van der Waals surface area contributed by atoms with Crippen LogP contribution in [0.2, 0.25) is 5.02 Å². The molecule has 0 radical (unpaired) electrons. The van der Waals surface area contributed by atoms with Crippen molar-refractivity contribution in [2.24, 2.45) is 0 Å². The monoisotopic (exact) mass is 241 g/mol. The third kappa shape index (κ3) is 2.45. The smallest absolute Gasteiger partial charge is 0.252 e. The molecular weight excluding hydrogens is 226 g/mol.